The predicted molar refractivity (Wildman–Crippen MR) is 119 cm³/mol. The van der Waals surface area contributed by atoms with Gasteiger partial charge in [-0.1, -0.05) is 60.7 Å². The van der Waals surface area contributed by atoms with Crippen molar-refractivity contribution >= 4 is 22.9 Å². The number of hydrogen-bond donors (Lipinski definition) is 1. The van der Waals surface area contributed by atoms with Crippen molar-refractivity contribution in [3.63, 3.8) is 0 Å². The van der Waals surface area contributed by atoms with Crippen molar-refractivity contribution in [3.8, 4) is 0 Å². The summed E-state index contributed by atoms with van der Waals surface area (Å²) in [6.07, 6.45) is -1.20. The number of carbonyl (C=O) groups is 1. The highest BCUT2D eigenvalue weighted by molar-refractivity contribution is 6.52. The third-order valence-corrected chi connectivity index (χ3v) is 6.05. The number of anilines is 2. The molecular formula is C24H20N4O3. The molecule has 0 amide bonds. The van der Waals surface area contributed by atoms with Gasteiger partial charge in [-0.25, -0.2) is 0 Å². The zero-order valence-electron chi connectivity index (χ0n) is 16.8. The summed E-state index contributed by atoms with van der Waals surface area (Å²) in [6, 6.07) is 25.5. The van der Waals surface area contributed by atoms with Crippen molar-refractivity contribution in [1.82, 2.24) is 0 Å². The number of hydrogen-bond acceptors (Lipinski definition) is 6. The van der Waals surface area contributed by atoms with Gasteiger partial charge in [-0.3, -0.25) is 14.9 Å². The Morgan fingerprint density at radius 1 is 0.968 bits per heavy atom. The fourth-order valence-corrected chi connectivity index (χ4v) is 4.64. The molecule has 0 saturated carbocycles. The molecule has 7 nitrogen and oxygen atoms in total. The van der Waals surface area contributed by atoms with E-state index in [2.05, 4.69) is 10.4 Å². The van der Waals surface area contributed by atoms with Crippen LogP contribution >= 0.6 is 0 Å². The number of nitro groups is 1. The number of fused-ring (bicyclic) bond motifs is 2. The van der Waals surface area contributed by atoms with E-state index in [1.54, 1.807) is 36.4 Å². The van der Waals surface area contributed by atoms with Gasteiger partial charge in [0.25, 0.3) is 0 Å². The van der Waals surface area contributed by atoms with Crippen LogP contribution in [0.3, 0.4) is 0 Å². The number of hydrazone groups is 1. The second-order valence-electron chi connectivity index (χ2n) is 7.92. The van der Waals surface area contributed by atoms with Gasteiger partial charge < -0.3 is 5.32 Å². The molecule has 154 valence electrons. The van der Waals surface area contributed by atoms with E-state index in [1.807, 2.05) is 55.5 Å². The topological polar surface area (TPSA) is 87.8 Å². The number of carbonyl (C=O) groups excluding carboxylic acids is 1. The standard InChI is InChI=1S/C24H20N4O3/c1-24-20(16-10-4-2-5-11-16)23(28(30)31)27(17-12-6-3-7-13-17)26-22(24)21(29)18-14-8-9-15-19(18)25-24/h2-15,20,23,25H,1H3/t20-,23+,24?/m1/s1. The molecule has 0 aliphatic carbocycles. The fourth-order valence-electron chi connectivity index (χ4n) is 4.64. The van der Waals surface area contributed by atoms with Crippen LogP contribution in [0.4, 0.5) is 11.4 Å². The van der Waals surface area contributed by atoms with Crippen LogP contribution in [0, 0.1) is 10.1 Å². The van der Waals surface area contributed by atoms with Crippen LogP contribution in [0.15, 0.2) is 90.0 Å². The van der Waals surface area contributed by atoms with Crippen LogP contribution in [0.2, 0.25) is 0 Å². The number of para-hydroxylation sites is 2. The monoisotopic (exact) mass is 412 g/mol. The number of Topliss-reactive ketones (excluding diaryl/α,β-unsaturated/α-hetero) is 1. The average Bonchev–Trinajstić information content (AvgIpc) is 2.79. The van der Waals surface area contributed by atoms with E-state index >= 15 is 0 Å². The van der Waals surface area contributed by atoms with Crippen molar-refractivity contribution in [3.05, 3.63) is 106 Å². The number of nitrogens with zero attached hydrogens (tertiary/aromatic N) is 3. The molecule has 3 atom stereocenters. The maximum absolute atomic E-state index is 13.5. The van der Waals surface area contributed by atoms with Crippen LogP contribution in [0.1, 0.15) is 28.8 Å². The smallest absolute Gasteiger partial charge is 0.315 e. The lowest BCUT2D eigenvalue weighted by Crippen LogP contribution is -2.65. The Hall–Kier alpha value is -4.00. The third kappa shape index (κ3) is 2.89. The molecule has 7 heteroatoms. The van der Waals surface area contributed by atoms with Crippen molar-refractivity contribution in [2.75, 3.05) is 10.3 Å². The Kier molecular flexibility index (Phi) is 4.32. The third-order valence-electron chi connectivity index (χ3n) is 6.05. The number of rotatable bonds is 3. The van der Waals surface area contributed by atoms with E-state index in [1.165, 1.54) is 5.01 Å². The lowest BCUT2D eigenvalue weighted by Gasteiger charge is -2.48. The van der Waals surface area contributed by atoms with E-state index < -0.39 is 17.6 Å². The minimum Gasteiger partial charge on any atom is -0.373 e. The molecule has 2 aliphatic rings. The summed E-state index contributed by atoms with van der Waals surface area (Å²) in [5.41, 5.74) is 1.70. The van der Waals surface area contributed by atoms with E-state index in [4.69, 9.17) is 0 Å². The van der Waals surface area contributed by atoms with Crippen molar-refractivity contribution in [1.29, 1.82) is 0 Å². The molecule has 31 heavy (non-hydrogen) atoms. The lowest BCUT2D eigenvalue weighted by atomic mass is 9.70. The minimum atomic E-state index is -1.20. The summed E-state index contributed by atoms with van der Waals surface area (Å²) in [7, 11) is 0. The molecule has 2 aliphatic heterocycles. The normalized spacial score (nSPS) is 24.5. The summed E-state index contributed by atoms with van der Waals surface area (Å²) in [4.78, 5) is 25.7. The number of nitrogens with one attached hydrogen (secondary N) is 1. The van der Waals surface area contributed by atoms with Crippen LogP contribution in [0.25, 0.3) is 0 Å². The molecule has 1 N–H and O–H groups in total. The first kappa shape index (κ1) is 19.0. The average molecular weight is 412 g/mol. The minimum absolute atomic E-state index is 0.222. The zero-order valence-corrected chi connectivity index (χ0v) is 16.8. The molecule has 0 aromatic heterocycles. The van der Waals surface area contributed by atoms with Gasteiger partial charge in [-0.05, 0) is 36.8 Å². The Morgan fingerprint density at radius 3 is 2.26 bits per heavy atom. The second-order valence-corrected chi connectivity index (χ2v) is 7.92. The van der Waals surface area contributed by atoms with Crippen LogP contribution in [-0.2, 0) is 0 Å². The summed E-state index contributed by atoms with van der Waals surface area (Å²) in [5.74, 6) is -0.894. The first-order valence-corrected chi connectivity index (χ1v) is 10.0. The molecule has 3 aromatic carbocycles. The van der Waals surface area contributed by atoms with Crippen LogP contribution < -0.4 is 10.3 Å². The van der Waals surface area contributed by atoms with Crippen molar-refractivity contribution in [2.24, 2.45) is 5.10 Å². The first-order chi connectivity index (χ1) is 15.0. The molecule has 0 spiro atoms. The highest BCUT2D eigenvalue weighted by atomic mass is 16.6. The van der Waals surface area contributed by atoms with E-state index in [-0.39, 0.29) is 16.4 Å². The van der Waals surface area contributed by atoms with Crippen molar-refractivity contribution < 1.29 is 9.72 Å². The first-order valence-electron chi connectivity index (χ1n) is 10.0. The van der Waals surface area contributed by atoms with Gasteiger partial charge in [-0.2, -0.15) is 10.1 Å². The Bertz CT molecular complexity index is 1200. The van der Waals surface area contributed by atoms with Gasteiger partial charge in [0.1, 0.15) is 11.6 Å². The summed E-state index contributed by atoms with van der Waals surface area (Å²) in [6.45, 7) is 1.83. The molecule has 0 fully saturated rings. The quantitative estimate of drug-likeness (QED) is 0.511. The largest absolute Gasteiger partial charge is 0.373 e. The Balaban J connectivity index is 1.79. The molecule has 0 saturated heterocycles. The van der Waals surface area contributed by atoms with Crippen molar-refractivity contribution in [2.45, 2.75) is 24.5 Å². The molecule has 0 bridgehead atoms. The highest BCUT2D eigenvalue weighted by Crippen LogP contribution is 2.45. The van der Waals surface area contributed by atoms with Crippen LogP contribution in [0.5, 0.6) is 0 Å². The summed E-state index contributed by atoms with van der Waals surface area (Å²) < 4.78 is 0. The fraction of sp³-hybridized carbons (Fsp3) is 0.167. The van der Waals surface area contributed by atoms with Gasteiger partial charge in [-0.15, -0.1) is 0 Å². The van der Waals surface area contributed by atoms with E-state index in [0.717, 1.165) is 5.56 Å². The predicted octanol–water partition coefficient (Wildman–Crippen LogP) is 4.32. The van der Waals surface area contributed by atoms with E-state index in [9.17, 15) is 14.9 Å². The molecule has 1 unspecified atom stereocenters. The highest BCUT2D eigenvalue weighted by Gasteiger charge is 2.59. The molecular weight excluding hydrogens is 392 g/mol. The van der Waals surface area contributed by atoms with Gasteiger partial charge >= 0.3 is 6.17 Å². The Labute approximate surface area is 179 Å². The van der Waals surface area contributed by atoms with Gasteiger partial charge in [0.15, 0.2) is 0 Å². The molecule has 5 rings (SSSR count). The van der Waals surface area contributed by atoms with Gasteiger partial charge in [0.2, 0.25) is 5.78 Å². The number of ketones is 1. The molecule has 2 heterocycles. The maximum atomic E-state index is 13.5. The molecule has 3 aromatic rings. The van der Waals surface area contributed by atoms with Crippen LogP contribution in [-0.4, -0.2) is 28.1 Å². The van der Waals surface area contributed by atoms with E-state index in [0.29, 0.717) is 16.9 Å². The zero-order chi connectivity index (χ0) is 21.6. The summed E-state index contributed by atoms with van der Waals surface area (Å²) in [5, 5.41) is 21.9. The maximum Gasteiger partial charge on any atom is 0.315 e. The SMILES string of the molecule is CC12Nc3ccccc3C(=O)C1=NN(c1ccccc1)[C@@H]([N+](=O)[O-])[C@H]2c1ccccc1. The lowest BCUT2D eigenvalue weighted by molar-refractivity contribution is -0.527. The summed E-state index contributed by atoms with van der Waals surface area (Å²) >= 11 is 0. The van der Waals surface area contributed by atoms with Gasteiger partial charge in [0, 0.05) is 16.2 Å². The second kappa shape index (κ2) is 7.05. The number of benzene rings is 3. The Morgan fingerprint density at radius 2 is 1.58 bits per heavy atom. The van der Waals surface area contributed by atoms with Gasteiger partial charge in [0.05, 0.1) is 11.2 Å². The molecule has 0 radical (unpaired) electrons.